The lowest BCUT2D eigenvalue weighted by atomic mass is 9.97. The number of benzene rings is 1. The van der Waals surface area contributed by atoms with Crippen molar-refractivity contribution >= 4 is 0 Å². The minimum atomic E-state index is 0.242. The molecule has 0 aromatic heterocycles. The molecule has 0 aliphatic heterocycles. The monoisotopic (exact) mass is 192 g/mol. The summed E-state index contributed by atoms with van der Waals surface area (Å²) in [7, 11) is 0. The summed E-state index contributed by atoms with van der Waals surface area (Å²) in [6, 6.07) is 6.57. The summed E-state index contributed by atoms with van der Waals surface area (Å²) in [6.45, 7) is 6.80. The third kappa shape index (κ3) is 3.15. The van der Waals surface area contributed by atoms with E-state index < -0.39 is 0 Å². The fraction of sp³-hybridized carbons (Fsp3) is 0.538. The zero-order valence-corrected chi connectivity index (χ0v) is 9.38. The summed E-state index contributed by atoms with van der Waals surface area (Å²) in [5.41, 5.74) is 3.95. The number of aliphatic hydroxyl groups is 1. The maximum Gasteiger partial charge on any atom is 0.0471 e. The Morgan fingerprint density at radius 1 is 1.29 bits per heavy atom. The van der Waals surface area contributed by atoms with E-state index in [0.717, 1.165) is 12.8 Å². The Labute approximate surface area is 86.8 Å². The molecule has 0 amide bonds. The molecule has 0 bridgehead atoms. The molecule has 0 fully saturated rings. The van der Waals surface area contributed by atoms with Gasteiger partial charge in [-0.2, -0.15) is 0 Å². The van der Waals surface area contributed by atoms with Crippen LogP contribution in [0.3, 0.4) is 0 Å². The van der Waals surface area contributed by atoms with E-state index in [4.69, 9.17) is 5.11 Å². The Morgan fingerprint density at radius 2 is 2.00 bits per heavy atom. The van der Waals surface area contributed by atoms with Crippen molar-refractivity contribution in [1.29, 1.82) is 0 Å². The molecular weight excluding hydrogens is 172 g/mol. The number of rotatable bonds is 4. The Bertz CT molecular complexity index is 289. The molecule has 1 rings (SSSR count). The van der Waals surface area contributed by atoms with Crippen LogP contribution in [-0.4, -0.2) is 11.7 Å². The Balaban J connectivity index is 2.83. The minimum absolute atomic E-state index is 0.242. The second-order valence-electron chi connectivity index (χ2n) is 4.33. The molecule has 0 aliphatic carbocycles. The third-order valence-corrected chi connectivity index (χ3v) is 2.44. The van der Waals surface area contributed by atoms with Crippen molar-refractivity contribution in [2.75, 3.05) is 6.61 Å². The predicted octanol–water partition coefficient (Wildman–Crippen LogP) is 2.73. The predicted molar refractivity (Wildman–Crippen MR) is 60.5 cm³/mol. The molecule has 1 aromatic rings. The molecule has 0 aliphatic rings. The standard InChI is InChI=1S/C13H20O/c1-10(2)8-12-5-4-11(3)13(9-12)6-7-14/h4-5,9-10,14H,6-8H2,1-3H3. The summed E-state index contributed by atoms with van der Waals surface area (Å²) < 4.78 is 0. The molecular formula is C13H20O. The highest BCUT2D eigenvalue weighted by molar-refractivity contribution is 5.31. The lowest BCUT2D eigenvalue weighted by molar-refractivity contribution is 0.299. The van der Waals surface area contributed by atoms with Gasteiger partial charge in [0, 0.05) is 6.61 Å². The zero-order chi connectivity index (χ0) is 10.6. The Morgan fingerprint density at radius 3 is 2.57 bits per heavy atom. The topological polar surface area (TPSA) is 20.2 Å². The molecule has 0 radical (unpaired) electrons. The van der Waals surface area contributed by atoms with Gasteiger partial charge in [0.05, 0.1) is 0 Å². The average molecular weight is 192 g/mol. The second-order valence-corrected chi connectivity index (χ2v) is 4.33. The van der Waals surface area contributed by atoms with Crippen LogP contribution in [-0.2, 0) is 12.8 Å². The van der Waals surface area contributed by atoms with Gasteiger partial charge in [-0.3, -0.25) is 0 Å². The molecule has 1 nitrogen and oxygen atoms in total. The highest BCUT2D eigenvalue weighted by atomic mass is 16.2. The average Bonchev–Trinajstić information content (AvgIpc) is 2.10. The van der Waals surface area contributed by atoms with Crippen molar-refractivity contribution in [2.45, 2.75) is 33.6 Å². The largest absolute Gasteiger partial charge is 0.396 e. The Kier molecular flexibility index (Phi) is 4.15. The highest BCUT2D eigenvalue weighted by Crippen LogP contribution is 2.14. The zero-order valence-electron chi connectivity index (χ0n) is 9.38. The van der Waals surface area contributed by atoms with E-state index in [9.17, 15) is 0 Å². The molecule has 0 saturated carbocycles. The van der Waals surface area contributed by atoms with Crippen LogP contribution in [0.1, 0.15) is 30.5 Å². The molecule has 1 N–H and O–H groups in total. The van der Waals surface area contributed by atoms with Crippen molar-refractivity contribution in [3.63, 3.8) is 0 Å². The smallest absolute Gasteiger partial charge is 0.0471 e. The van der Waals surface area contributed by atoms with E-state index in [1.165, 1.54) is 16.7 Å². The summed E-state index contributed by atoms with van der Waals surface area (Å²) in [4.78, 5) is 0. The van der Waals surface area contributed by atoms with E-state index in [2.05, 4.69) is 39.0 Å². The van der Waals surface area contributed by atoms with E-state index in [1.54, 1.807) is 0 Å². The van der Waals surface area contributed by atoms with Gasteiger partial charge >= 0.3 is 0 Å². The van der Waals surface area contributed by atoms with E-state index in [-0.39, 0.29) is 6.61 Å². The molecule has 0 atom stereocenters. The van der Waals surface area contributed by atoms with Gasteiger partial charge in [-0.1, -0.05) is 32.0 Å². The van der Waals surface area contributed by atoms with Gasteiger partial charge < -0.3 is 5.11 Å². The maximum atomic E-state index is 8.92. The molecule has 0 saturated heterocycles. The Hall–Kier alpha value is -0.820. The minimum Gasteiger partial charge on any atom is -0.396 e. The fourth-order valence-electron chi connectivity index (χ4n) is 1.71. The van der Waals surface area contributed by atoms with Gasteiger partial charge in [0.2, 0.25) is 0 Å². The van der Waals surface area contributed by atoms with Crippen LogP contribution in [0.4, 0.5) is 0 Å². The molecule has 0 spiro atoms. The first kappa shape index (κ1) is 11.3. The quantitative estimate of drug-likeness (QED) is 0.777. The number of aliphatic hydroxyl groups excluding tert-OH is 1. The lowest BCUT2D eigenvalue weighted by Gasteiger charge is -2.09. The van der Waals surface area contributed by atoms with Crippen LogP contribution in [0.2, 0.25) is 0 Å². The first-order chi connectivity index (χ1) is 6.63. The second kappa shape index (κ2) is 5.16. The first-order valence-corrected chi connectivity index (χ1v) is 5.32. The van der Waals surface area contributed by atoms with Gasteiger partial charge in [0.15, 0.2) is 0 Å². The van der Waals surface area contributed by atoms with E-state index in [1.807, 2.05) is 0 Å². The number of aryl methyl sites for hydroxylation is 1. The van der Waals surface area contributed by atoms with Crippen LogP contribution in [0.25, 0.3) is 0 Å². The van der Waals surface area contributed by atoms with Crippen LogP contribution >= 0.6 is 0 Å². The molecule has 1 aromatic carbocycles. The van der Waals surface area contributed by atoms with Crippen LogP contribution < -0.4 is 0 Å². The van der Waals surface area contributed by atoms with Gasteiger partial charge in [0.1, 0.15) is 0 Å². The summed E-state index contributed by atoms with van der Waals surface area (Å²) >= 11 is 0. The SMILES string of the molecule is Cc1ccc(CC(C)C)cc1CCO. The molecule has 0 heterocycles. The van der Waals surface area contributed by atoms with Gasteiger partial charge in [-0.15, -0.1) is 0 Å². The van der Waals surface area contributed by atoms with Gasteiger partial charge in [-0.05, 0) is 42.4 Å². The van der Waals surface area contributed by atoms with Crippen molar-refractivity contribution in [2.24, 2.45) is 5.92 Å². The summed E-state index contributed by atoms with van der Waals surface area (Å²) in [5, 5.41) is 8.92. The maximum absolute atomic E-state index is 8.92. The van der Waals surface area contributed by atoms with Gasteiger partial charge in [0.25, 0.3) is 0 Å². The first-order valence-electron chi connectivity index (χ1n) is 5.32. The van der Waals surface area contributed by atoms with Crippen molar-refractivity contribution in [1.82, 2.24) is 0 Å². The van der Waals surface area contributed by atoms with Crippen LogP contribution in [0.15, 0.2) is 18.2 Å². The summed E-state index contributed by atoms with van der Waals surface area (Å²) in [6.07, 6.45) is 1.90. The normalized spacial score (nSPS) is 10.9. The lowest BCUT2D eigenvalue weighted by Crippen LogP contribution is -1.99. The van der Waals surface area contributed by atoms with Crippen molar-refractivity contribution in [3.05, 3.63) is 34.9 Å². The highest BCUT2D eigenvalue weighted by Gasteiger charge is 2.02. The number of hydrogen-bond donors (Lipinski definition) is 1. The van der Waals surface area contributed by atoms with E-state index in [0.29, 0.717) is 5.92 Å². The molecule has 0 unspecified atom stereocenters. The van der Waals surface area contributed by atoms with Gasteiger partial charge in [-0.25, -0.2) is 0 Å². The van der Waals surface area contributed by atoms with Crippen molar-refractivity contribution < 1.29 is 5.11 Å². The van der Waals surface area contributed by atoms with E-state index >= 15 is 0 Å². The fourth-order valence-corrected chi connectivity index (χ4v) is 1.71. The van der Waals surface area contributed by atoms with Crippen LogP contribution in [0.5, 0.6) is 0 Å². The third-order valence-electron chi connectivity index (χ3n) is 2.44. The number of hydrogen-bond acceptors (Lipinski definition) is 1. The van der Waals surface area contributed by atoms with Crippen LogP contribution in [0, 0.1) is 12.8 Å². The molecule has 14 heavy (non-hydrogen) atoms. The molecule has 1 heteroatoms. The molecule has 78 valence electrons. The van der Waals surface area contributed by atoms with Crippen molar-refractivity contribution in [3.8, 4) is 0 Å². The summed E-state index contributed by atoms with van der Waals surface area (Å²) in [5.74, 6) is 0.694.